The third kappa shape index (κ3) is 6.79. The molecule has 116 valence electrons. The summed E-state index contributed by atoms with van der Waals surface area (Å²) in [5.41, 5.74) is 1.55. The van der Waals surface area contributed by atoms with E-state index in [1.807, 2.05) is 45.0 Å². The summed E-state index contributed by atoms with van der Waals surface area (Å²) in [7, 11) is 0. The van der Waals surface area contributed by atoms with Crippen LogP contribution in [0.5, 0.6) is 0 Å². The van der Waals surface area contributed by atoms with Crippen molar-refractivity contribution in [2.75, 3.05) is 17.2 Å². The highest BCUT2D eigenvalue weighted by Crippen LogP contribution is 2.15. The van der Waals surface area contributed by atoms with E-state index in [1.165, 1.54) is 0 Å². The van der Waals surface area contributed by atoms with Crippen LogP contribution in [0, 0.1) is 0 Å². The lowest BCUT2D eigenvalue weighted by atomic mass is 10.2. The first-order chi connectivity index (χ1) is 10.0. The van der Waals surface area contributed by atoms with Gasteiger partial charge in [0.15, 0.2) is 0 Å². The molecule has 2 amide bonds. The summed E-state index contributed by atoms with van der Waals surface area (Å²) in [5.74, 6) is -0.0334. The van der Waals surface area contributed by atoms with E-state index in [0.717, 1.165) is 24.2 Å². The van der Waals surface area contributed by atoms with Gasteiger partial charge in [0.05, 0.1) is 6.54 Å². The fourth-order valence-corrected chi connectivity index (χ4v) is 1.77. The average molecular weight is 291 g/mol. The van der Waals surface area contributed by atoms with Crippen LogP contribution >= 0.6 is 0 Å². The quantitative estimate of drug-likeness (QED) is 0.689. The maximum atomic E-state index is 11.7. The van der Waals surface area contributed by atoms with E-state index in [9.17, 15) is 9.59 Å². The summed E-state index contributed by atoms with van der Waals surface area (Å²) in [6.45, 7) is 6.19. The summed E-state index contributed by atoms with van der Waals surface area (Å²) in [4.78, 5) is 23.2. The van der Waals surface area contributed by atoms with Crippen molar-refractivity contribution in [2.45, 2.75) is 46.1 Å². The van der Waals surface area contributed by atoms with Crippen LogP contribution in [0.15, 0.2) is 24.3 Å². The Hall–Kier alpha value is -2.04. The van der Waals surface area contributed by atoms with Gasteiger partial charge in [0.25, 0.3) is 0 Å². The van der Waals surface area contributed by atoms with Crippen LogP contribution in [0.25, 0.3) is 0 Å². The smallest absolute Gasteiger partial charge is 0.239 e. The van der Waals surface area contributed by atoms with Gasteiger partial charge in [0.1, 0.15) is 0 Å². The fourth-order valence-electron chi connectivity index (χ4n) is 1.77. The molecular weight excluding hydrogens is 266 g/mol. The van der Waals surface area contributed by atoms with Crippen molar-refractivity contribution in [3.63, 3.8) is 0 Å². The van der Waals surface area contributed by atoms with Crippen molar-refractivity contribution >= 4 is 23.2 Å². The van der Waals surface area contributed by atoms with E-state index in [1.54, 1.807) is 0 Å². The monoisotopic (exact) mass is 291 g/mol. The molecule has 1 rings (SSSR count). The van der Waals surface area contributed by atoms with E-state index in [4.69, 9.17) is 0 Å². The first-order valence-corrected chi connectivity index (χ1v) is 7.48. The predicted octanol–water partition coefficient (Wildman–Crippen LogP) is 2.75. The van der Waals surface area contributed by atoms with Crippen LogP contribution in [0.3, 0.4) is 0 Å². The van der Waals surface area contributed by atoms with E-state index in [2.05, 4.69) is 16.0 Å². The number of benzene rings is 1. The molecule has 3 N–H and O–H groups in total. The van der Waals surface area contributed by atoms with Gasteiger partial charge in [-0.15, -0.1) is 0 Å². The van der Waals surface area contributed by atoms with Gasteiger partial charge < -0.3 is 16.0 Å². The molecule has 0 saturated heterocycles. The van der Waals surface area contributed by atoms with Crippen LogP contribution in [0.4, 0.5) is 11.4 Å². The Kier molecular flexibility index (Phi) is 7.29. The number of carbonyl (C=O) groups excluding carboxylic acids is 2. The second-order valence-corrected chi connectivity index (χ2v) is 5.11. The van der Waals surface area contributed by atoms with E-state index in [-0.39, 0.29) is 24.4 Å². The molecule has 0 radical (unpaired) electrons. The van der Waals surface area contributed by atoms with Crippen LogP contribution in [0.1, 0.15) is 40.0 Å². The van der Waals surface area contributed by atoms with Gasteiger partial charge >= 0.3 is 0 Å². The zero-order chi connectivity index (χ0) is 15.7. The number of carbonyl (C=O) groups is 2. The zero-order valence-corrected chi connectivity index (χ0v) is 13.0. The van der Waals surface area contributed by atoms with Gasteiger partial charge in [-0.3, -0.25) is 9.59 Å². The zero-order valence-electron chi connectivity index (χ0n) is 13.0. The number of rotatable bonds is 8. The second kappa shape index (κ2) is 9.00. The largest absolute Gasteiger partial charge is 0.376 e. The van der Waals surface area contributed by atoms with Crippen LogP contribution in [-0.2, 0) is 9.59 Å². The molecule has 5 heteroatoms. The molecular formula is C16H25N3O2. The molecule has 0 heterocycles. The Bertz CT molecular complexity index is 474. The van der Waals surface area contributed by atoms with Crippen molar-refractivity contribution in [3.05, 3.63) is 24.3 Å². The molecule has 1 aromatic rings. The summed E-state index contributed by atoms with van der Waals surface area (Å²) < 4.78 is 0. The Morgan fingerprint density at radius 3 is 2.52 bits per heavy atom. The molecule has 0 fully saturated rings. The first-order valence-electron chi connectivity index (χ1n) is 7.48. The molecule has 1 aromatic carbocycles. The molecule has 1 unspecified atom stereocenters. The third-order valence-electron chi connectivity index (χ3n) is 3.10. The van der Waals surface area contributed by atoms with Gasteiger partial charge in [-0.1, -0.05) is 19.9 Å². The summed E-state index contributed by atoms with van der Waals surface area (Å²) in [6, 6.07) is 7.55. The van der Waals surface area contributed by atoms with Gasteiger partial charge in [-0.25, -0.2) is 0 Å². The minimum absolute atomic E-state index is 0.00386. The number of hydrogen-bond donors (Lipinski definition) is 3. The summed E-state index contributed by atoms with van der Waals surface area (Å²) in [6.07, 6.45) is 2.24. The van der Waals surface area contributed by atoms with Crippen LogP contribution in [-0.4, -0.2) is 24.4 Å². The molecule has 0 aliphatic heterocycles. The maximum absolute atomic E-state index is 11.7. The highest BCUT2D eigenvalue weighted by molar-refractivity contribution is 5.91. The SMILES string of the molecule is CCCC(=O)Nc1cccc(NCC(=O)NC(C)CC)c1. The number of nitrogens with one attached hydrogen (secondary N) is 3. The highest BCUT2D eigenvalue weighted by Gasteiger charge is 2.06. The standard InChI is InChI=1S/C16H25N3O2/c1-4-7-15(20)19-14-9-6-8-13(10-14)17-11-16(21)18-12(3)5-2/h6,8-10,12,17H,4-5,7,11H2,1-3H3,(H,18,21)(H,19,20). The Balaban J connectivity index is 2.49. The van der Waals surface area contributed by atoms with E-state index < -0.39 is 0 Å². The molecule has 0 spiro atoms. The molecule has 0 aromatic heterocycles. The molecule has 0 aliphatic carbocycles. The van der Waals surface area contributed by atoms with Crippen molar-refractivity contribution in [3.8, 4) is 0 Å². The second-order valence-electron chi connectivity index (χ2n) is 5.11. The molecule has 21 heavy (non-hydrogen) atoms. The van der Waals surface area contributed by atoms with E-state index >= 15 is 0 Å². The minimum Gasteiger partial charge on any atom is -0.376 e. The Morgan fingerprint density at radius 1 is 1.14 bits per heavy atom. The van der Waals surface area contributed by atoms with Gasteiger partial charge in [-0.2, -0.15) is 0 Å². The number of amides is 2. The molecule has 0 saturated carbocycles. The van der Waals surface area contributed by atoms with Crippen LogP contribution in [0.2, 0.25) is 0 Å². The van der Waals surface area contributed by atoms with Crippen molar-refractivity contribution in [1.29, 1.82) is 0 Å². The lowest BCUT2D eigenvalue weighted by molar-refractivity contribution is -0.120. The molecule has 0 bridgehead atoms. The van der Waals surface area contributed by atoms with E-state index in [0.29, 0.717) is 6.42 Å². The summed E-state index contributed by atoms with van der Waals surface area (Å²) >= 11 is 0. The van der Waals surface area contributed by atoms with Crippen molar-refractivity contribution < 1.29 is 9.59 Å². The number of anilines is 2. The van der Waals surface area contributed by atoms with Gasteiger partial charge in [-0.05, 0) is 38.0 Å². The normalized spacial score (nSPS) is 11.6. The molecule has 5 nitrogen and oxygen atoms in total. The third-order valence-corrected chi connectivity index (χ3v) is 3.10. The maximum Gasteiger partial charge on any atom is 0.239 e. The summed E-state index contributed by atoms with van der Waals surface area (Å²) in [5, 5.41) is 8.78. The van der Waals surface area contributed by atoms with Crippen LogP contribution < -0.4 is 16.0 Å². The molecule has 1 atom stereocenters. The fraction of sp³-hybridized carbons (Fsp3) is 0.500. The lowest BCUT2D eigenvalue weighted by Gasteiger charge is -2.13. The molecule has 0 aliphatic rings. The van der Waals surface area contributed by atoms with Crippen molar-refractivity contribution in [1.82, 2.24) is 5.32 Å². The Morgan fingerprint density at radius 2 is 1.86 bits per heavy atom. The topological polar surface area (TPSA) is 70.2 Å². The average Bonchev–Trinajstić information content (AvgIpc) is 2.45. The Labute approximate surface area is 126 Å². The highest BCUT2D eigenvalue weighted by atomic mass is 16.2. The van der Waals surface area contributed by atoms with Crippen molar-refractivity contribution in [2.24, 2.45) is 0 Å². The van der Waals surface area contributed by atoms with Gasteiger partial charge in [0, 0.05) is 23.8 Å². The number of hydrogen-bond acceptors (Lipinski definition) is 3. The predicted molar refractivity (Wildman–Crippen MR) is 86.4 cm³/mol. The van der Waals surface area contributed by atoms with Gasteiger partial charge in [0.2, 0.25) is 11.8 Å². The lowest BCUT2D eigenvalue weighted by Crippen LogP contribution is -2.36. The minimum atomic E-state index is -0.0372. The first kappa shape index (κ1) is 17.0.